The summed E-state index contributed by atoms with van der Waals surface area (Å²) in [6, 6.07) is 2.97. The van der Waals surface area contributed by atoms with E-state index in [1.54, 1.807) is 0 Å². The SMILES string of the molecule is [N-]=[N+]=NCCC#Cc1ccc(C(=O)O)cn1. The quantitative estimate of drug-likeness (QED) is 0.274. The van der Waals surface area contributed by atoms with Crippen molar-refractivity contribution < 1.29 is 9.90 Å². The van der Waals surface area contributed by atoms with E-state index < -0.39 is 5.97 Å². The Bertz CT molecular complexity index is 478. The van der Waals surface area contributed by atoms with Gasteiger partial charge in [-0.15, -0.1) is 0 Å². The molecule has 1 aromatic heterocycles. The van der Waals surface area contributed by atoms with E-state index in [-0.39, 0.29) is 5.56 Å². The molecule has 0 aliphatic heterocycles. The number of hydrogen-bond acceptors (Lipinski definition) is 3. The predicted molar refractivity (Wildman–Crippen MR) is 56.7 cm³/mol. The van der Waals surface area contributed by atoms with Crippen LogP contribution in [0, 0.1) is 11.8 Å². The van der Waals surface area contributed by atoms with Crippen LogP contribution < -0.4 is 0 Å². The highest BCUT2D eigenvalue weighted by Crippen LogP contribution is 1.98. The summed E-state index contributed by atoms with van der Waals surface area (Å²) in [5, 5.41) is 11.9. The molecule has 6 heteroatoms. The van der Waals surface area contributed by atoms with Gasteiger partial charge < -0.3 is 5.11 Å². The molecule has 0 saturated carbocycles. The second kappa shape index (κ2) is 6.06. The molecule has 0 aliphatic carbocycles. The summed E-state index contributed by atoms with van der Waals surface area (Å²) in [6.07, 6.45) is 1.70. The third-order valence-corrected chi connectivity index (χ3v) is 1.63. The van der Waals surface area contributed by atoms with E-state index in [0.29, 0.717) is 18.7 Å². The number of pyridine rings is 1. The molecule has 80 valence electrons. The third-order valence-electron chi connectivity index (χ3n) is 1.63. The van der Waals surface area contributed by atoms with Gasteiger partial charge in [0.1, 0.15) is 5.69 Å². The molecule has 0 aromatic carbocycles. The van der Waals surface area contributed by atoms with E-state index >= 15 is 0 Å². The maximum atomic E-state index is 10.5. The van der Waals surface area contributed by atoms with Crippen molar-refractivity contribution in [3.63, 3.8) is 0 Å². The number of carbonyl (C=O) groups is 1. The second-order valence-corrected chi connectivity index (χ2v) is 2.74. The second-order valence-electron chi connectivity index (χ2n) is 2.74. The average Bonchev–Trinajstić information content (AvgIpc) is 2.29. The van der Waals surface area contributed by atoms with Crippen LogP contribution in [0.5, 0.6) is 0 Å². The highest BCUT2D eigenvalue weighted by Gasteiger charge is 2.00. The molecule has 0 bridgehead atoms. The summed E-state index contributed by atoms with van der Waals surface area (Å²) in [5.41, 5.74) is 8.62. The molecule has 0 fully saturated rings. The van der Waals surface area contributed by atoms with Crippen LogP contribution in [0.4, 0.5) is 0 Å². The molecule has 0 radical (unpaired) electrons. The highest BCUT2D eigenvalue weighted by atomic mass is 16.4. The van der Waals surface area contributed by atoms with Crippen LogP contribution in [0.15, 0.2) is 23.4 Å². The maximum absolute atomic E-state index is 10.5. The lowest BCUT2D eigenvalue weighted by molar-refractivity contribution is 0.0696. The molecule has 0 aliphatic rings. The largest absolute Gasteiger partial charge is 0.478 e. The molecule has 0 spiro atoms. The Kier molecular flexibility index (Phi) is 4.38. The third kappa shape index (κ3) is 3.70. The van der Waals surface area contributed by atoms with E-state index in [4.69, 9.17) is 10.6 Å². The fourth-order valence-electron chi connectivity index (χ4n) is 0.898. The highest BCUT2D eigenvalue weighted by molar-refractivity contribution is 5.87. The summed E-state index contributed by atoms with van der Waals surface area (Å²) in [4.78, 5) is 17.0. The number of rotatable bonds is 3. The Balaban J connectivity index is 2.61. The first kappa shape index (κ1) is 11.6. The fraction of sp³-hybridized carbons (Fsp3) is 0.200. The zero-order valence-electron chi connectivity index (χ0n) is 8.29. The smallest absolute Gasteiger partial charge is 0.337 e. The van der Waals surface area contributed by atoms with Crippen molar-refractivity contribution in [3.8, 4) is 11.8 Å². The van der Waals surface area contributed by atoms with Crippen LogP contribution in [0.3, 0.4) is 0 Å². The topological polar surface area (TPSA) is 99.0 Å². The molecule has 1 N–H and O–H groups in total. The van der Waals surface area contributed by atoms with Crippen molar-refractivity contribution in [2.24, 2.45) is 5.11 Å². The van der Waals surface area contributed by atoms with Crippen LogP contribution in [0.2, 0.25) is 0 Å². The van der Waals surface area contributed by atoms with Crippen LogP contribution in [-0.2, 0) is 0 Å². The summed E-state index contributed by atoms with van der Waals surface area (Å²) in [6.45, 7) is 0.316. The Morgan fingerprint density at radius 2 is 2.44 bits per heavy atom. The molecule has 0 amide bonds. The minimum Gasteiger partial charge on any atom is -0.478 e. The molecule has 16 heavy (non-hydrogen) atoms. The van der Waals surface area contributed by atoms with E-state index in [9.17, 15) is 4.79 Å². The van der Waals surface area contributed by atoms with Crippen molar-refractivity contribution >= 4 is 5.97 Å². The molecule has 0 atom stereocenters. The van der Waals surface area contributed by atoms with Gasteiger partial charge in [-0.2, -0.15) is 0 Å². The Hall–Kier alpha value is -2.51. The molecular formula is C10H8N4O2. The molecule has 6 nitrogen and oxygen atoms in total. The van der Waals surface area contributed by atoms with Crippen molar-refractivity contribution in [1.29, 1.82) is 0 Å². The summed E-state index contributed by atoms with van der Waals surface area (Å²) >= 11 is 0. The molecule has 0 saturated heterocycles. The standard InChI is InChI=1S/C10H8N4O2/c11-14-13-6-2-1-3-9-5-4-8(7-12-9)10(15)16/h4-5,7H,2,6H2,(H,15,16). The van der Waals surface area contributed by atoms with Crippen molar-refractivity contribution in [2.75, 3.05) is 6.54 Å². The zero-order chi connectivity index (χ0) is 11.8. The average molecular weight is 216 g/mol. The first-order chi connectivity index (χ1) is 7.74. The van der Waals surface area contributed by atoms with E-state index in [0.717, 1.165) is 0 Å². The van der Waals surface area contributed by atoms with Crippen molar-refractivity contribution in [3.05, 3.63) is 40.0 Å². The minimum absolute atomic E-state index is 0.125. The number of nitrogens with zero attached hydrogens (tertiary/aromatic N) is 4. The van der Waals surface area contributed by atoms with Gasteiger partial charge >= 0.3 is 5.97 Å². The number of carboxylic acid groups (broad SMARTS) is 1. The number of carboxylic acids is 1. The van der Waals surface area contributed by atoms with Gasteiger partial charge in [-0.25, -0.2) is 9.78 Å². The molecule has 0 unspecified atom stereocenters. The van der Waals surface area contributed by atoms with Gasteiger partial charge in [-0.1, -0.05) is 11.0 Å². The van der Waals surface area contributed by atoms with Gasteiger partial charge in [0, 0.05) is 24.1 Å². The van der Waals surface area contributed by atoms with E-state index in [2.05, 4.69) is 26.9 Å². The number of aromatic carboxylic acids is 1. The summed E-state index contributed by atoms with van der Waals surface area (Å²) in [7, 11) is 0. The lowest BCUT2D eigenvalue weighted by atomic mass is 10.2. The predicted octanol–water partition coefficient (Wildman–Crippen LogP) is 1.83. The fourth-order valence-corrected chi connectivity index (χ4v) is 0.898. The normalized spacial score (nSPS) is 8.50. The zero-order valence-corrected chi connectivity index (χ0v) is 8.29. The number of azide groups is 1. The van der Waals surface area contributed by atoms with Crippen LogP contribution in [0.1, 0.15) is 22.5 Å². The van der Waals surface area contributed by atoms with Gasteiger partial charge in [-0.05, 0) is 23.6 Å². The lowest BCUT2D eigenvalue weighted by Gasteiger charge is -1.92. The first-order valence-corrected chi connectivity index (χ1v) is 4.43. The van der Waals surface area contributed by atoms with Crippen LogP contribution >= 0.6 is 0 Å². The molecular weight excluding hydrogens is 208 g/mol. The van der Waals surface area contributed by atoms with E-state index in [1.165, 1.54) is 18.3 Å². The number of hydrogen-bond donors (Lipinski definition) is 1. The molecule has 1 rings (SSSR count). The van der Waals surface area contributed by atoms with Gasteiger partial charge in [0.15, 0.2) is 0 Å². The van der Waals surface area contributed by atoms with Crippen LogP contribution in [-0.4, -0.2) is 22.6 Å². The van der Waals surface area contributed by atoms with Crippen molar-refractivity contribution in [1.82, 2.24) is 4.98 Å². The Morgan fingerprint density at radius 3 is 3.00 bits per heavy atom. The van der Waals surface area contributed by atoms with Gasteiger partial charge in [0.05, 0.1) is 5.56 Å². The summed E-state index contributed by atoms with van der Waals surface area (Å²) in [5.74, 6) is 4.47. The van der Waals surface area contributed by atoms with Gasteiger partial charge in [-0.3, -0.25) is 0 Å². The summed E-state index contributed by atoms with van der Waals surface area (Å²) < 4.78 is 0. The monoisotopic (exact) mass is 216 g/mol. The lowest BCUT2D eigenvalue weighted by Crippen LogP contribution is -1.97. The molecule has 1 heterocycles. The Morgan fingerprint density at radius 1 is 1.62 bits per heavy atom. The van der Waals surface area contributed by atoms with Crippen molar-refractivity contribution in [2.45, 2.75) is 6.42 Å². The molecule has 1 aromatic rings. The Labute approximate surface area is 91.6 Å². The van der Waals surface area contributed by atoms with Gasteiger partial charge in [0.25, 0.3) is 0 Å². The maximum Gasteiger partial charge on any atom is 0.337 e. The van der Waals surface area contributed by atoms with Gasteiger partial charge in [0.2, 0.25) is 0 Å². The first-order valence-electron chi connectivity index (χ1n) is 4.43. The van der Waals surface area contributed by atoms with Crippen LogP contribution in [0.25, 0.3) is 10.4 Å². The number of aromatic nitrogens is 1. The minimum atomic E-state index is -1.02. The van der Waals surface area contributed by atoms with E-state index in [1.807, 2.05) is 0 Å².